The number of carbonyl (C=O) groups excluding carboxylic acids is 3. The number of oxazole rings is 1. The van der Waals surface area contributed by atoms with Crippen LogP contribution in [-0.2, 0) is 18.9 Å². The highest BCUT2D eigenvalue weighted by atomic mass is 79.9. The van der Waals surface area contributed by atoms with Gasteiger partial charge < -0.3 is 23.4 Å². The highest BCUT2D eigenvalue weighted by Crippen LogP contribution is 2.35. The minimum Gasteiger partial charge on any atom is -0.452 e. The maximum atomic E-state index is 13.5. The third-order valence-corrected chi connectivity index (χ3v) is 8.28. The van der Waals surface area contributed by atoms with Crippen LogP contribution in [0.2, 0.25) is 5.02 Å². The number of aromatic nitrogens is 1. The van der Waals surface area contributed by atoms with Crippen LogP contribution in [0.3, 0.4) is 0 Å². The zero-order valence-electron chi connectivity index (χ0n) is 23.2. The maximum absolute atomic E-state index is 13.5. The van der Waals surface area contributed by atoms with Gasteiger partial charge in [-0.2, -0.15) is 0 Å². The van der Waals surface area contributed by atoms with E-state index < -0.39 is 48.2 Å². The zero-order chi connectivity index (χ0) is 31.5. The summed E-state index contributed by atoms with van der Waals surface area (Å²) in [6.45, 7) is -0.335. The first-order valence-corrected chi connectivity index (χ1v) is 14.9. The van der Waals surface area contributed by atoms with Gasteiger partial charge in [-0.05, 0) is 64.5 Å². The van der Waals surface area contributed by atoms with Crippen LogP contribution in [-0.4, -0.2) is 47.4 Å². The smallest absolute Gasteiger partial charge is 0.422 e. The lowest BCUT2D eigenvalue weighted by Gasteiger charge is -2.40. The summed E-state index contributed by atoms with van der Waals surface area (Å²) in [4.78, 5) is 53.3. The fraction of sp³-hybridized carbons (Fsp3) is 0.152. The van der Waals surface area contributed by atoms with Gasteiger partial charge in [-0.3, -0.25) is 0 Å². The molecule has 4 atom stereocenters. The van der Waals surface area contributed by atoms with Crippen molar-refractivity contribution in [2.45, 2.75) is 24.5 Å². The standard InChI is InChI=1S/C33H23BrClNO9/c34-22-16-25-24(17-23(22)35)36(33(40)43-25)29-28(45-32(39)21-14-8-3-9-15-21)27(44-31(38)20-12-6-2-7-13-20)26(18-41-29)42-30(37)19-10-4-1-5-11-19/h1-17,26-29H,18H2/t26-,27+,28+,29-/m0/s1. The Bertz CT molecular complexity index is 1910. The molecule has 1 fully saturated rings. The highest BCUT2D eigenvalue weighted by Gasteiger charge is 2.50. The Morgan fingerprint density at radius 3 is 1.76 bits per heavy atom. The number of halogens is 2. The van der Waals surface area contributed by atoms with Crippen molar-refractivity contribution in [1.82, 2.24) is 4.57 Å². The predicted molar refractivity (Wildman–Crippen MR) is 165 cm³/mol. The zero-order valence-corrected chi connectivity index (χ0v) is 25.6. The molecule has 1 aromatic heterocycles. The van der Waals surface area contributed by atoms with Crippen molar-refractivity contribution < 1.29 is 37.7 Å². The number of ether oxygens (including phenoxy) is 4. The van der Waals surface area contributed by atoms with E-state index in [0.717, 1.165) is 4.57 Å². The van der Waals surface area contributed by atoms with E-state index in [1.165, 1.54) is 24.3 Å². The average Bonchev–Trinajstić information content (AvgIpc) is 3.37. The monoisotopic (exact) mass is 691 g/mol. The molecule has 0 bridgehead atoms. The van der Waals surface area contributed by atoms with Crippen LogP contribution in [0.15, 0.2) is 117 Å². The van der Waals surface area contributed by atoms with Gasteiger partial charge in [-0.15, -0.1) is 0 Å². The maximum Gasteiger partial charge on any atom is 0.422 e. The normalized spacial score (nSPS) is 19.5. The van der Waals surface area contributed by atoms with Crippen molar-refractivity contribution in [2.75, 3.05) is 6.61 Å². The molecular weight excluding hydrogens is 670 g/mol. The van der Waals surface area contributed by atoms with E-state index >= 15 is 0 Å². The summed E-state index contributed by atoms with van der Waals surface area (Å²) in [5, 5.41) is 0.271. The highest BCUT2D eigenvalue weighted by molar-refractivity contribution is 9.10. The molecule has 1 aliphatic rings. The molecule has 0 saturated carbocycles. The van der Waals surface area contributed by atoms with Gasteiger partial charge in [-0.25, -0.2) is 23.7 Å². The second kappa shape index (κ2) is 13.1. The van der Waals surface area contributed by atoms with Crippen LogP contribution >= 0.6 is 27.5 Å². The third kappa shape index (κ3) is 6.41. The lowest BCUT2D eigenvalue weighted by Crippen LogP contribution is -2.56. The number of benzene rings is 4. The summed E-state index contributed by atoms with van der Waals surface area (Å²) in [7, 11) is 0. The molecule has 0 amide bonds. The number of rotatable bonds is 7. The molecule has 228 valence electrons. The van der Waals surface area contributed by atoms with Gasteiger partial charge in [0.1, 0.15) is 0 Å². The largest absolute Gasteiger partial charge is 0.452 e. The van der Waals surface area contributed by atoms with Gasteiger partial charge in [0.05, 0.1) is 33.8 Å². The summed E-state index contributed by atoms with van der Waals surface area (Å²) < 4.78 is 30.9. The topological polar surface area (TPSA) is 123 Å². The number of carbonyl (C=O) groups is 3. The lowest BCUT2D eigenvalue weighted by atomic mass is 10.0. The quantitative estimate of drug-likeness (QED) is 0.145. The van der Waals surface area contributed by atoms with E-state index in [1.807, 2.05) is 0 Å². The van der Waals surface area contributed by atoms with Gasteiger partial charge in [0.25, 0.3) is 0 Å². The molecule has 0 spiro atoms. The fourth-order valence-electron chi connectivity index (χ4n) is 4.93. The van der Waals surface area contributed by atoms with Crippen molar-refractivity contribution >= 4 is 56.5 Å². The summed E-state index contributed by atoms with van der Waals surface area (Å²) in [6.07, 6.45) is -5.57. The Hall–Kier alpha value is -4.71. The molecule has 1 aliphatic heterocycles. The molecule has 45 heavy (non-hydrogen) atoms. The molecular formula is C33H23BrClNO9. The SMILES string of the molecule is O=C(O[C@@H]1[C@H](OC(=O)c2ccccc2)[C@@H](OC(=O)c2ccccc2)CO[C@@H]1n1c(=O)oc2cc(Br)c(Cl)cc21)c1ccccc1. The first-order valence-electron chi connectivity index (χ1n) is 13.7. The number of hydrogen-bond donors (Lipinski definition) is 0. The summed E-state index contributed by atoms with van der Waals surface area (Å²) in [5.41, 5.74) is 1.02. The molecule has 0 N–H and O–H groups in total. The molecule has 0 unspecified atom stereocenters. The molecule has 0 radical (unpaired) electrons. The van der Waals surface area contributed by atoms with Gasteiger partial charge >= 0.3 is 23.7 Å². The molecule has 12 heteroatoms. The average molecular weight is 693 g/mol. The van der Waals surface area contributed by atoms with Crippen molar-refractivity contribution in [2.24, 2.45) is 0 Å². The van der Waals surface area contributed by atoms with Gasteiger partial charge in [-0.1, -0.05) is 66.2 Å². The summed E-state index contributed by atoms with van der Waals surface area (Å²) >= 11 is 9.67. The lowest BCUT2D eigenvalue weighted by molar-refractivity contribution is -0.212. The minimum atomic E-state index is -1.51. The first kappa shape index (κ1) is 30.3. The van der Waals surface area contributed by atoms with Crippen LogP contribution in [0.1, 0.15) is 37.3 Å². The molecule has 5 aromatic rings. The Morgan fingerprint density at radius 2 is 1.22 bits per heavy atom. The number of nitrogens with zero attached hydrogens (tertiary/aromatic N) is 1. The Kier molecular flexibility index (Phi) is 8.83. The molecule has 4 aromatic carbocycles. The van der Waals surface area contributed by atoms with Gasteiger partial charge in [0.2, 0.25) is 0 Å². The van der Waals surface area contributed by atoms with E-state index in [4.69, 9.17) is 35.0 Å². The number of esters is 3. The minimum absolute atomic E-state index is 0.170. The van der Waals surface area contributed by atoms with Gasteiger partial charge in [0, 0.05) is 4.47 Å². The first-order chi connectivity index (χ1) is 21.8. The molecule has 0 aliphatic carbocycles. The Balaban J connectivity index is 1.45. The molecule has 2 heterocycles. The summed E-state index contributed by atoms with van der Waals surface area (Å²) in [6, 6.07) is 27.4. The fourth-order valence-corrected chi connectivity index (χ4v) is 5.41. The summed E-state index contributed by atoms with van der Waals surface area (Å²) in [5.74, 6) is -3.15. The van der Waals surface area contributed by atoms with Crippen molar-refractivity contribution in [1.29, 1.82) is 0 Å². The van der Waals surface area contributed by atoms with E-state index in [2.05, 4.69) is 15.9 Å². The predicted octanol–water partition coefficient (Wildman–Crippen LogP) is 6.22. The van der Waals surface area contributed by atoms with Crippen LogP contribution in [0.5, 0.6) is 0 Å². The second-order valence-corrected chi connectivity index (χ2v) is 11.2. The van der Waals surface area contributed by atoms with Crippen LogP contribution < -0.4 is 5.76 Å². The number of fused-ring (bicyclic) bond motifs is 1. The van der Waals surface area contributed by atoms with Crippen LogP contribution in [0.4, 0.5) is 0 Å². The van der Waals surface area contributed by atoms with Gasteiger partial charge in [0.15, 0.2) is 30.1 Å². The molecule has 1 saturated heterocycles. The van der Waals surface area contributed by atoms with E-state index in [1.54, 1.807) is 78.9 Å². The Morgan fingerprint density at radius 1 is 0.733 bits per heavy atom. The van der Waals surface area contributed by atoms with Crippen molar-refractivity contribution in [3.63, 3.8) is 0 Å². The molecule has 6 rings (SSSR count). The van der Waals surface area contributed by atoms with Crippen LogP contribution in [0, 0.1) is 0 Å². The number of hydrogen-bond acceptors (Lipinski definition) is 9. The van der Waals surface area contributed by atoms with Crippen LogP contribution in [0.25, 0.3) is 11.1 Å². The second-order valence-electron chi connectivity index (χ2n) is 9.98. The third-order valence-electron chi connectivity index (χ3n) is 7.09. The Labute approximate surface area is 269 Å². The van der Waals surface area contributed by atoms with E-state index in [-0.39, 0.29) is 39.4 Å². The molecule has 10 nitrogen and oxygen atoms in total. The van der Waals surface area contributed by atoms with E-state index in [0.29, 0.717) is 4.47 Å². The van der Waals surface area contributed by atoms with Crippen molar-refractivity contribution in [3.8, 4) is 0 Å². The van der Waals surface area contributed by atoms with E-state index in [9.17, 15) is 19.2 Å². The van der Waals surface area contributed by atoms with Crippen molar-refractivity contribution in [3.05, 3.63) is 140 Å².